The van der Waals surface area contributed by atoms with Crippen molar-refractivity contribution < 1.29 is 9.59 Å². The second-order valence-electron chi connectivity index (χ2n) is 5.95. The summed E-state index contributed by atoms with van der Waals surface area (Å²) in [4.78, 5) is 26.2. The number of rotatable bonds is 3. The van der Waals surface area contributed by atoms with Gasteiger partial charge in [0.2, 0.25) is 11.8 Å². The first-order chi connectivity index (χ1) is 9.39. The normalized spacial score (nSPS) is 19.1. The summed E-state index contributed by atoms with van der Waals surface area (Å²) in [6, 6.07) is -0.395. The van der Waals surface area contributed by atoms with E-state index in [1.165, 1.54) is 0 Å². The quantitative estimate of drug-likeness (QED) is 0.801. The van der Waals surface area contributed by atoms with Gasteiger partial charge >= 0.3 is 0 Å². The number of nitrogens with one attached hydrogen (secondary N) is 2. The molecule has 1 fully saturated rings. The molecule has 1 atom stereocenters. The summed E-state index contributed by atoms with van der Waals surface area (Å²) in [6.07, 6.45) is 1.54. The van der Waals surface area contributed by atoms with E-state index >= 15 is 0 Å². The van der Waals surface area contributed by atoms with Crippen molar-refractivity contribution in [1.82, 2.24) is 30.8 Å². The van der Waals surface area contributed by atoms with E-state index in [2.05, 4.69) is 25.9 Å². The van der Waals surface area contributed by atoms with Crippen LogP contribution in [0.3, 0.4) is 0 Å². The summed E-state index contributed by atoms with van der Waals surface area (Å²) in [7, 11) is 0. The highest BCUT2D eigenvalue weighted by Gasteiger charge is 2.38. The second kappa shape index (κ2) is 5.56. The molecule has 0 bridgehead atoms. The van der Waals surface area contributed by atoms with Gasteiger partial charge in [0, 0.05) is 12.0 Å². The Hall–Kier alpha value is -1.99. The predicted octanol–water partition coefficient (Wildman–Crippen LogP) is -0.147. The van der Waals surface area contributed by atoms with Gasteiger partial charge in [-0.05, 0) is 12.8 Å². The fourth-order valence-corrected chi connectivity index (χ4v) is 2.25. The number of carbonyl (C=O) groups excluding carboxylic acids is 2. The van der Waals surface area contributed by atoms with Crippen molar-refractivity contribution in [3.05, 3.63) is 5.82 Å². The van der Waals surface area contributed by atoms with Crippen LogP contribution in [0, 0.1) is 5.41 Å². The van der Waals surface area contributed by atoms with Gasteiger partial charge in [-0.1, -0.05) is 26.0 Å². The lowest BCUT2D eigenvalue weighted by atomic mass is 9.94. The number of likely N-dealkylation sites (tertiary alicyclic amines) is 1. The number of H-pyrrole nitrogens is 1. The highest BCUT2D eigenvalue weighted by Crippen LogP contribution is 2.25. The molecule has 8 nitrogen and oxygen atoms in total. The van der Waals surface area contributed by atoms with Gasteiger partial charge in [0.05, 0.1) is 6.54 Å². The van der Waals surface area contributed by atoms with Gasteiger partial charge in [-0.3, -0.25) is 9.59 Å². The Morgan fingerprint density at radius 1 is 1.45 bits per heavy atom. The van der Waals surface area contributed by atoms with E-state index in [4.69, 9.17) is 0 Å². The van der Waals surface area contributed by atoms with Crippen LogP contribution in [-0.2, 0) is 16.1 Å². The summed E-state index contributed by atoms with van der Waals surface area (Å²) < 4.78 is 0. The molecule has 0 aliphatic carbocycles. The zero-order chi connectivity index (χ0) is 14.8. The molecule has 110 valence electrons. The molecule has 0 saturated carbocycles. The molecule has 8 heteroatoms. The maximum absolute atomic E-state index is 12.3. The SMILES string of the molecule is CC(C)(C)C(=O)N1CCCC1C(=O)NCc1nn[nH]n1. The minimum Gasteiger partial charge on any atom is -0.347 e. The summed E-state index contributed by atoms with van der Waals surface area (Å²) in [5.41, 5.74) is -0.476. The number of aromatic nitrogens is 4. The summed E-state index contributed by atoms with van der Waals surface area (Å²) in [5.74, 6) is 0.268. The molecule has 1 aromatic rings. The van der Waals surface area contributed by atoms with E-state index in [-0.39, 0.29) is 18.4 Å². The summed E-state index contributed by atoms with van der Waals surface area (Å²) in [5, 5.41) is 16.0. The Morgan fingerprint density at radius 3 is 2.80 bits per heavy atom. The molecule has 20 heavy (non-hydrogen) atoms. The Bertz CT molecular complexity index is 479. The van der Waals surface area contributed by atoms with Crippen LogP contribution in [0.4, 0.5) is 0 Å². The minimum atomic E-state index is -0.476. The van der Waals surface area contributed by atoms with Crippen LogP contribution in [0.25, 0.3) is 0 Å². The van der Waals surface area contributed by atoms with Crippen molar-refractivity contribution >= 4 is 11.8 Å². The van der Waals surface area contributed by atoms with Crippen molar-refractivity contribution in [2.24, 2.45) is 5.41 Å². The molecular weight excluding hydrogens is 260 g/mol. The number of nitrogens with zero attached hydrogens (tertiary/aromatic N) is 4. The highest BCUT2D eigenvalue weighted by molar-refractivity contribution is 5.90. The lowest BCUT2D eigenvalue weighted by Crippen LogP contribution is -2.49. The second-order valence-corrected chi connectivity index (χ2v) is 5.95. The third-order valence-electron chi connectivity index (χ3n) is 3.27. The summed E-state index contributed by atoms with van der Waals surface area (Å²) in [6.45, 7) is 6.44. The maximum Gasteiger partial charge on any atom is 0.243 e. The topological polar surface area (TPSA) is 104 Å². The van der Waals surface area contributed by atoms with Gasteiger partial charge in [0.15, 0.2) is 5.82 Å². The number of aromatic amines is 1. The molecule has 0 aromatic carbocycles. The third-order valence-corrected chi connectivity index (χ3v) is 3.27. The van der Waals surface area contributed by atoms with Crippen LogP contribution < -0.4 is 5.32 Å². The van der Waals surface area contributed by atoms with Crippen molar-refractivity contribution in [2.45, 2.75) is 46.2 Å². The average Bonchev–Trinajstić information content (AvgIpc) is 3.04. The van der Waals surface area contributed by atoms with Crippen LogP contribution in [-0.4, -0.2) is 49.9 Å². The van der Waals surface area contributed by atoms with E-state index < -0.39 is 11.5 Å². The Kier molecular flexibility index (Phi) is 4.01. The zero-order valence-corrected chi connectivity index (χ0v) is 12.0. The molecule has 2 rings (SSSR count). The Balaban J connectivity index is 1.96. The van der Waals surface area contributed by atoms with Gasteiger partial charge in [-0.25, -0.2) is 0 Å². The zero-order valence-electron chi connectivity index (χ0n) is 12.0. The lowest BCUT2D eigenvalue weighted by molar-refractivity contribution is -0.144. The van der Waals surface area contributed by atoms with Gasteiger partial charge in [-0.15, -0.1) is 10.2 Å². The van der Waals surface area contributed by atoms with Crippen molar-refractivity contribution in [3.8, 4) is 0 Å². The Morgan fingerprint density at radius 2 is 2.20 bits per heavy atom. The molecule has 0 spiro atoms. The minimum absolute atomic E-state index is 0.00899. The molecular formula is C12H20N6O2. The van der Waals surface area contributed by atoms with E-state index in [0.717, 1.165) is 6.42 Å². The van der Waals surface area contributed by atoms with Crippen molar-refractivity contribution in [3.63, 3.8) is 0 Å². The Labute approximate surface area is 117 Å². The fourth-order valence-electron chi connectivity index (χ4n) is 2.25. The fraction of sp³-hybridized carbons (Fsp3) is 0.750. The van der Waals surface area contributed by atoms with Crippen LogP contribution in [0.15, 0.2) is 0 Å². The predicted molar refractivity (Wildman–Crippen MR) is 70.2 cm³/mol. The smallest absolute Gasteiger partial charge is 0.243 e. The van der Waals surface area contributed by atoms with Crippen LogP contribution in [0.5, 0.6) is 0 Å². The molecule has 1 aromatic heterocycles. The third kappa shape index (κ3) is 3.12. The number of hydrogen-bond donors (Lipinski definition) is 2. The van der Waals surface area contributed by atoms with Gasteiger partial charge in [0.25, 0.3) is 0 Å². The van der Waals surface area contributed by atoms with E-state index in [0.29, 0.717) is 18.8 Å². The maximum atomic E-state index is 12.3. The number of tetrazole rings is 1. The number of amides is 2. The van der Waals surface area contributed by atoms with E-state index in [1.807, 2.05) is 20.8 Å². The van der Waals surface area contributed by atoms with Crippen LogP contribution >= 0.6 is 0 Å². The first-order valence-corrected chi connectivity index (χ1v) is 6.70. The van der Waals surface area contributed by atoms with Gasteiger partial charge in [0.1, 0.15) is 6.04 Å². The highest BCUT2D eigenvalue weighted by atomic mass is 16.2. The summed E-state index contributed by atoms with van der Waals surface area (Å²) >= 11 is 0. The van der Waals surface area contributed by atoms with Crippen LogP contribution in [0.2, 0.25) is 0 Å². The molecule has 1 saturated heterocycles. The van der Waals surface area contributed by atoms with E-state index in [1.54, 1.807) is 4.90 Å². The largest absolute Gasteiger partial charge is 0.347 e. The van der Waals surface area contributed by atoms with Gasteiger partial charge < -0.3 is 10.2 Å². The average molecular weight is 280 g/mol. The number of carbonyl (C=O) groups is 2. The first-order valence-electron chi connectivity index (χ1n) is 6.70. The van der Waals surface area contributed by atoms with Crippen molar-refractivity contribution in [1.29, 1.82) is 0 Å². The standard InChI is InChI=1S/C12H20N6O2/c1-12(2,3)11(20)18-6-4-5-8(18)10(19)13-7-9-14-16-17-15-9/h8H,4-7H2,1-3H3,(H,13,19)(H,14,15,16,17). The van der Waals surface area contributed by atoms with Crippen LogP contribution in [0.1, 0.15) is 39.4 Å². The molecule has 1 aliphatic heterocycles. The van der Waals surface area contributed by atoms with Gasteiger partial charge in [-0.2, -0.15) is 5.21 Å². The van der Waals surface area contributed by atoms with E-state index in [9.17, 15) is 9.59 Å². The molecule has 2 heterocycles. The lowest BCUT2D eigenvalue weighted by Gasteiger charge is -2.30. The van der Waals surface area contributed by atoms with Crippen molar-refractivity contribution in [2.75, 3.05) is 6.54 Å². The number of hydrogen-bond acceptors (Lipinski definition) is 5. The monoisotopic (exact) mass is 280 g/mol. The first kappa shape index (κ1) is 14.4. The molecule has 0 radical (unpaired) electrons. The molecule has 1 unspecified atom stereocenters. The molecule has 2 N–H and O–H groups in total. The molecule has 1 aliphatic rings. The molecule has 2 amide bonds.